The minimum absolute atomic E-state index is 0.0114. The highest BCUT2D eigenvalue weighted by Gasteiger charge is 2.17. The van der Waals surface area contributed by atoms with Crippen molar-refractivity contribution in [1.82, 2.24) is 10.2 Å². The zero-order valence-corrected chi connectivity index (χ0v) is 10.1. The van der Waals surface area contributed by atoms with Gasteiger partial charge >= 0.3 is 6.01 Å². The number of anilines is 1. The standard InChI is InChI=1S/C10H8N4O3S/c1-7-12-13-10(17-7)14-18(15,16)9-4-2-8(6-11)3-5-9/h2-5H,1H3,(H,13,14). The Morgan fingerprint density at radius 1 is 1.28 bits per heavy atom. The highest BCUT2D eigenvalue weighted by Crippen LogP contribution is 2.15. The van der Waals surface area contributed by atoms with Gasteiger partial charge in [0.05, 0.1) is 16.5 Å². The summed E-state index contributed by atoms with van der Waals surface area (Å²) in [5.41, 5.74) is 0.377. The Bertz CT molecular complexity index is 697. The molecule has 0 saturated carbocycles. The molecule has 0 radical (unpaired) electrons. The zero-order valence-electron chi connectivity index (χ0n) is 9.28. The van der Waals surface area contributed by atoms with Crippen LogP contribution in [0.3, 0.4) is 0 Å². The van der Waals surface area contributed by atoms with E-state index >= 15 is 0 Å². The minimum Gasteiger partial charge on any atom is -0.408 e. The molecule has 18 heavy (non-hydrogen) atoms. The summed E-state index contributed by atoms with van der Waals surface area (Å²) in [6.45, 7) is 1.55. The molecule has 0 spiro atoms. The lowest BCUT2D eigenvalue weighted by Crippen LogP contribution is -2.13. The van der Waals surface area contributed by atoms with Gasteiger partial charge in [0.1, 0.15) is 0 Å². The summed E-state index contributed by atoms with van der Waals surface area (Å²) in [6.07, 6.45) is 0. The summed E-state index contributed by atoms with van der Waals surface area (Å²) < 4.78 is 30.8. The molecule has 7 nitrogen and oxygen atoms in total. The lowest BCUT2D eigenvalue weighted by atomic mass is 10.2. The number of nitrogens with zero attached hydrogens (tertiary/aromatic N) is 3. The predicted molar refractivity (Wildman–Crippen MR) is 61.0 cm³/mol. The quantitative estimate of drug-likeness (QED) is 0.887. The average molecular weight is 264 g/mol. The number of aryl methyl sites for hydroxylation is 1. The van der Waals surface area contributed by atoms with Crippen LogP contribution in [0.15, 0.2) is 33.6 Å². The molecular weight excluding hydrogens is 256 g/mol. The Balaban J connectivity index is 2.28. The Kier molecular flexibility index (Phi) is 2.99. The van der Waals surface area contributed by atoms with Crippen LogP contribution < -0.4 is 4.72 Å². The largest absolute Gasteiger partial charge is 0.408 e. The van der Waals surface area contributed by atoms with Crippen molar-refractivity contribution >= 4 is 16.0 Å². The molecule has 0 amide bonds. The van der Waals surface area contributed by atoms with E-state index in [9.17, 15) is 8.42 Å². The first-order valence-electron chi connectivity index (χ1n) is 4.84. The molecule has 2 rings (SSSR count). The third-order valence-electron chi connectivity index (χ3n) is 2.04. The van der Waals surface area contributed by atoms with Gasteiger partial charge in [0.2, 0.25) is 5.89 Å². The van der Waals surface area contributed by atoms with Crippen LogP contribution in [-0.2, 0) is 10.0 Å². The SMILES string of the molecule is Cc1nnc(NS(=O)(=O)c2ccc(C#N)cc2)o1. The van der Waals surface area contributed by atoms with Gasteiger partial charge in [0, 0.05) is 6.92 Å². The fourth-order valence-corrected chi connectivity index (χ4v) is 2.14. The molecule has 0 bridgehead atoms. The van der Waals surface area contributed by atoms with Gasteiger partial charge in [-0.1, -0.05) is 5.10 Å². The van der Waals surface area contributed by atoms with E-state index in [2.05, 4.69) is 14.9 Å². The molecule has 1 aromatic heterocycles. The first-order chi connectivity index (χ1) is 8.51. The van der Waals surface area contributed by atoms with E-state index in [-0.39, 0.29) is 16.8 Å². The second-order valence-corrected chi connectivity index (χ2v) is 5.05. The van der Waals surface area contributed by atoms with Gasteiger partial charge in [-0.05, 0) is 24.3 Å². The van der Waals surface area contributed by atoms with Crippen LogP contribution >= 0.6 is 0 Å². The average Bonchev–Trinajstić information content (AvgIpc) is 2.74. The molecule has 8 heteroatoms. The van der Waals surface area contributed by atoms with Crippen LogP contribution in [0.1, 0.15) is 11.5 Å². The molecule has 2 aromatic rings. The number of nitrogens with one attached hydrogen (secondary N) is 1. The first-order valence-corrected chi connectivity index (χ1v) is 6.33. The summed E-state index contributed by atoms with van der Waals surface area (Å²) in [4.78, 5) is 0.0114. The van der Waals surface area contributed by atoms with Crippen LogP contribution in [0.2, 0.25) is 0 Å². The summed E-state index contributed by atoms with van der Waals surface area (Å²) in [5, 5.41) is 15.7. The summed E-state index contributed by atoms with van der Waals surface area (Å²) >= 11 is 0. The number of benzene rings is 1. The molecule has 0 aliphatic rings. The molecule has 0 saturated heterocycles. The number of rotatable bonds is 3. The van der Waals surface area contributed by atoms with Crippen molar-refractivity contribution in [3.05, 3.63) is 35.7 Å². The fourth-order valence-electron chi connectivity index (χ4n) is 1.22. The molecular formula is C10H8N4O3S. The smallest absolute Gasteiger partial charge is 0.329 e. The van der Waals surface area contributed by atoms with Gasteiger partial charge in [-0.25, -0.2) is 13.1 Å². The summed E-state index contributed by atoms with van der Waals surface area (Å²) in [5.74, 6) is 0.257. The lowest BCUT2D eigenvalue weighted by Gasteiger charge is -2.03. The molecule has 0 aliphatic carbocycles. The van der Waals surface area contributed by atoms with Gasteiger partial charge < -0.3 is 4.42 Å². The van der Waals surface area contributed by atoms with Crippen LogP contribution in [0.25, 0.3) is 0 Å². The highest BCUT2D eigenvalue weighted by atomic mass is 32.2. The van der Waals surface area contributed by atoms with Crippen LogP contribution in [0.5, 0.6) is 0 Å². The van der Waals surface area contributed by atoms with Gasteiger partial charge in [-0.15, -0.1) is 5.10 Å². The van der Waals surface area contributed by atoms with Crippen LogP contribution in [0.4, 0.5) is 6.01 Å². The number of hydrogen-bond donors (Lipinski definition) is 1. The maximum atomic E-state index is 11.9. The molecule has 0 fully saturated rings. The van der Waals surface area contributed by atoms with Crippen molar-refractivity contribution in [2.24, 2.45) is 0 Å². The van der Waals surface area contributed by atoms with Crippen molar-refractivity contribution in [3.63, 3.8) is 0 Å². The van der Waals surface area contributed by atoms with Crippen molar-refractivity contribution in [3.8, 4) is 6.07 Å². The topological polar surface area (TPSA) is 109 Å². The molecule has 1 heterocycles. The predicted octanol–water partition coefficient (Wildman–Crippen LogP) is 1.05. The van der Waals surface area contributed by atoms with Gasteiger partial charge in [0.15, 0.2) is 0 Å². The Labute approximate surface area is 103 Å². The molecule has 0 unspecified atom stereocenters. The normalized spacial score (nSPS) is 10.9. The Morgan fingerprint density at radius 2 is 1.94 bits per heavy atom. The number of aromatic nitrogens is 2. The third kappa shape index (κ3) is 2.46. The molecule has 0 atom stereocenters. The zero-order chi connectivity index (χ0) is 13.2. The van der Waals surface area contributed by atoms with E-state index in [0.29, 0.717) is 5.56 Å². The van der Waals surface area contributed by atoms with Crippen molar-refractivity contribution in [2.75, 3.05) is 4.72 Å². The Morgan fingerprint density at radius 3 is 2.44 bits per heavy atom. The van der Waals surface area contributed by atoms with E-state index in [1.54, 1.807) is 6.92 Å². The maximum absolute atomic E-state index is 11.9. The Hall–Kier alpha value is -2.40. The van der Waals surface area contributed by atoms with E-state index in [1.807, 2.05) is 6.07 Å². The molecule has 1 N–H and O–H groups in total. The van der Waals surface area contributed by atoms with Crippen LogP contribution in [-0.4, -0.2) is 18.6 Å². The van der Waals surface area contributed by atoms with Crippen molar-refractivity contribution in [1.29, 1.82) is 5.26 Å². The van der Waals surface area contributed by atoms with E-state index in [4.69, 9.17) is 9.68 Å². The van der Waals surface area contributed by atoms with E-state index < -0.39 is 10.0 Å². The van der Waals surface area contributed by atoms with Crippen LogP contribution in [0, 0.1) is 18.3 Å². The fraction of sp³-hybridized carbons (Fsp3) is 0.100. The van der Waals surface area contributed by atoms with E-state index in [0.717, 1.165) is 0 Å². The van der Waals surface area contributed by atoms with E-state index in [1.165, 1.54) is 24.3 Å². The third-order valence-corrected chi connectivity index (χ3v) is 3.38. The molecule has 1 aromatic carbocycles. The second-order valence-electron chi connectivity index (χ2n) is 3.37. The second kappa shape index (κ2) is 4.46. The number of nitriles is 1. The van der Waals surface area contributed by atoms with Crippen molar-refractivity contribution in [2.45, 2.75) is 11.8 Å². The minimum atomic E-state index is -3.78. The number of hydrogen-bond acceptors (Lipinski definition) is 6. The molecule has 0 aliphatic heterocycles. The van der Waals surface area contributed by atoms with Gasteiger partial charge in [-0.3, -0.25) is 0 Å². The summed E-state index contributed by atoms with van der Waals surface area (Å²) in [6, 6.07) is 7.17. The summed E-state index contributed by atoms with van der Waals surface area (Å²) in [7, 11) is -3.78. The first kappa shape index (κ1) is 12.1. The maximum Gasteiger partial charge on any atom is 0.329 e. The van der Waals surface area contributed by atoms with Gasteiger partial charge in [0.25, 0.3) is 10.0 Å². The molecule has 92 valence electrons. The lowest BCUT2D eigenvalue weighted by molar-refractivity contribution is 0.534. The number of sulfonamides is 1. The monoisotopic (exact) mass is 264 g/mol. The van der Waals surface area contributed by atoms with Gasteiger partial charge in [-0.2, -0.15) is 5.26 Å². The van der Waals surface area contributed by atoms with Crippen molar-refractivity contribution < 1.29 is 12.8 Å². The highest BCUT2D eigenvalue weighted by molar-refractivity contribution is 7.92.